The van der Waals surface area contributed by atoms with Gasteiger partial charge in [-0.25, -0.2) is 4.98 Å². The van der Waals surface area contributed by atoms with E-state index in [9.17, 15) is 4.79 Å². The Morgan fingerprint density at radius 3 is 2.83 bits per heavy atom. The van der Waals surface area contributed by atoms with E-state index in [1.807, 2.05) is 11.8 Å². The summed E-state index contributed by atoms with van der Waals surface area (Å²) < 4.78 is 0. The molecule has 6 heteroatoms. The van der Waals surface area contributed by atoms with E-state index in [2.05, 4.69) is 29.1 Å². The van der Waals surface area contributed by atoms with Crippen LogP contribution in [0, 0.1) is 5.92 Å². The van der Waals surface area contributed by atoms with Crippen molar-refractivity contribution in [2.24, 2.45) is 11.7 Å². The largest absolute Gasteiger partial charge is 0.368 e. The number of aromatic nitrogens is 2. The van der Waals surface area contributed by atoms with Gasteiger partial charge in [-0.3, -0.25) is 4.79 Å². The number of hydrogen-bond acceptors (Lipinski definition) is 5. The van der Waals surface area contributed by atoms with Crippen LogP contribution in [0.25, 0.3) is 0 Å². The average Bonchev–Trinajstić information content (AvgIpc) is 2.28. The molecule has 1 amide bonds. The van der Waals surface area contributed by atoms with Crippen molar-refractivity contribution in [3.05, 3.63) is 12.3 Å². The Morgan fingerprint density at radius 2 is 2.28 bits per heavy atom. The van der Waals surface area contributed by atoms with Crippen LogP contribution in [0.1, 0.15) is 20.8 Å². The molecule has 0 fully saturated rings. The summed E-state index contributed by atoms with van der Waals surface area (Å²) >= 11 is 0. The van der Waals surface area contributed by atoms with Gasteiger partial charge in [0.1, 0.15) is 5.82 Å². The molecule has 1 rings (SSSR count). The van der Waals surface area contributed by atoms with Crippen molar-refractivity contribution < 1.29 is 4.79 Å². The Balaban J connectivity index is 2.88. The number of anilines is 2. The molecule has 0 aliphatic carbocycles. The summed E-state index contributed by atoms with van der Waals surface area (Å²) in [6.07, 6.45) is 1.68. The van der Waals surface area contributed by atoms with Crippen LogP contribution in [-0.2, 0) is 4.79 Å². The summed E-state index contributed by atoms with van der Waals surface area (Å²) in [6.45, 7) is 7.79. The van der Waals surface area contributed by atoms with Crippen molar-refractivity contribution in [1.82, 2.24) is 9.97 Å². The number of amides is 1. The zero-order valence-corrected chi connectivity index (χ0v) is 11.2. The number of carbonyl (C=O) groups is 1. The van der Waals surface area contributed by atoms with Crippen molar-refractivity contribution in [2.45, 2.75) is 20.8 Å². The number of carbonyl (C=O) groups excluding carboxylic acids is 1. The zero-order valence-electron chi connectivity index (χ0n) is 11.2. The Bertz CT molecular complexity index is 394. The highest BCUT2D eigenvalue weighted by atomic mass is 16.1. The maximum absolute atomic E-state index is 11.1. The van der Waals surface area contributed by atoms with E-state index in [-0.39, 0.29) is 12.5 Å². The fraction of sp³-hybridized carbons (Fsp3) is 0.583. The second kappa shape index (κ2) is 6.78. The van der Waals surface area contributed by atoms with Crippen LogP contribution in [-0.4, -0.2) is 35.5 Å². The molecule has 0 aromatic carbocycles. The number of primary amides is 1. The molecule has 0 saturated carbocycles. The van der Waals surface area contributed by atoms with Gasteiger partial charge in [-0.15, -0.1) is 0 Å². The lowest BCUT2D eigenvalue weighted by Gasteiger charge is -2.24. The van der Waals surface area contributed by atoms with Gasteiger partial charge in [0.05, 0.1) is 6.54 Å². The number of hydrogen-bond donors (Lipinski definition) is 2. The van der Waals surface area contributed by atoms with Crippen LogP contribution in [0.15, 0.2) is 12.3 Å². The minimum Gasteiger partial charge on any atom is -0.368 e. The first kappa shape index (κ1) is 14.2. The molecule has 3 N–H and O–H groups in total. The Labute approximate surface area is 108 Å². The molecule has 18 heavy (non-hydrogen) atoms. The van der Waals surface area contributed by atoms with Gasteiger partial charge in [-0.05, 0) is 18.9 Å². The standard InChI is InChI=1S/C12H21N5O/c1-4-14-12-15-6-5-11(16-12)17(7-9(2)3)8-10(13)18/h5-6,9H,4,7-8H2,1-3H3,(H2,13,18)(H,14,15,16). The summed E-state index contributed by atoms with van der Waals surface area (Å²) in [5.41, 5.74) is 5.26. The average molecular weight is 251 g/mol. The maximum atomic E-state index is 11.1. The Kier molecular flexibility index (Phi) is 5.35. The van der Waals surface area contributed by atoms with Gasteiger partial charge in [0.2, 0.25) is 11.9 Å². The van der Waals surface area contributed by atoms with E-state index >= 15 is 0 Å². The smallest absolute Gasteiger partial charge is 0.236 e. The first-order valence-electron chi connectivity index (χ1n) is 6.13. The number of rotatable bonds is 7. The van der Waals surface area contributed by atoms with Crippen LogP contribution in [0.2, 0.25) is 0 Å². The third-order valence-electron chi connectivity index (χ3n) is 2.23. The second-order valence-electron chi connectivity index (χ2n) is 4.51. The maximum Gasteiger partial charge on any atom is 0.236 e. The predicted octanol–water partition coefficient (Wildman–Crippen LogP) is 0.856. The normalized spacial score (nSPS) is 10.4. The first-order chi connectivity index (χ1) is 8.52. The molecule has 100 valence electrons. The van der Waals surface area contributed by atoms with E-state index < -0.39 is 0 Å². The van der Waals surface area contributed by atoms with Crippen molar-refractivity contribution in [3.63, 3.8) is 0 Å². The lowest BCUT2D eigenvalue weighted by atomic mass is 10.2. The molecule has 0 spiro atoms. The van der Waals surface area contributed by atoms with Crippen molar-refractivity contribution in [1.29, 1.82) is 0 Å². The van der Waals surface area contributed by atoms with Gasteiger partial charge in [0, 0.05) is 19.3 Å². The van der Waals surface area contributed by atoms with Gasteiger partial charge in [-0.2, -0.15) is 4.98 Å². The Morgan fingerprint density at radius 1 is 1.56 bits per heavy atom. The topological polar surface area (TPSA) is 84.1 Å². The lowest BCUT2D eigenvalue weighted by molar-refractivity contribution is -0.116. The van der Waals surface area contributed by atoms with Gasteiger partial charge < -0.3 is 16.0 Å². The van der Waals surface area contributed by atoms with E-state index in [0.29, 0.717) is 17.7 Å². The summed E-state index contributed by atoms with van der Waals surface area (Å²) in [5, 5.41) is 3.04. The highest BCUT2D eigenvalue weighted by molar-refractivity contribution is 5.79. The molecule has 0 aliphatic rings. The quantitative estimate of drug-likeness (QED) is 0.750. The SMILES string of the molecule is CCNc1nccc(N(CC(N)=O)CC(C)C)n1. The number of nitrogens with two attached hydrogens (primary N) is 1. The number of nitrogens with zero attached hydrogens (tertiary/aromatic N) is 3. The zero-order chi connectivity index (χ0) is 13.5. The molecule has 0 bridgehead atoms. The molecule has 0 saturated heterocycles. The minimum atomic E-state index is -0.362. The third-order valence-corrected chi connectivity index (χ3v) is 2.23. The molecule has 0 aliphatic heterocycles. The predicted molar refractivity (Wildman–Crippen MR) is 72.4 cm³/mol. The monoisotopic (exact) mass is 251 g/mol. The lowest BCUT2D eigenvalue weighted by Crippen LogP contribution is -2.36. The molecule has 0 radical (unpaired) electrons. The van der Waals surface area contributed by atoms with Crippen molar-refractivity contribution in [2.75, 3.05) is 29.9 Å². The van der Waals surface area contributed by atoms with Crippen LogP contribution >= 0.6 is 0 Å². The van der Waals surface area contributed by atoms with Gasteiger partial charge in [-0.1, -0.05) is 13.8 Å². The van der Waals surface area contributed by atoms with E-state index in [4.69, 9.17) is 5.73 Å². The van der Waals surface area contributed by atoms with E-state index in [1.54, 1.807) is 12.3 Å². The highest BCUT2D eigenvalue weighted by Crippen LogP contribution is 2.13. The summed E-state index contributed by atoms with van der Waals surface area (Å²) in [6, 6.07) is 1.78. The van der Waals surface area contributed by atoms with Gasteiger partial charge in [0.25, 0.3) is 0 Å². The summed E-state index contributed by atoms with van der Waals surface area (Å²) in [7, 11) is 0. The van der Waals surface area contributed by atoms with Crippen LogP contribution in [0.3, 0.4) is 0 Å². The molecule has 6 nitrogen and oxygen atoms in total. The highest BCUT2D eigenvalue weighted by Gasteiger charge is 2.13. The molecule has 1 heterocycles. The fourth-order valence-corrected chi connectivity index (χ4v) is 1.64. The van der Waals surface area contributed by atoms with Crippen LogP contribution < -0.4 is 16.0 Å². The van der Waals surface area contributed by atoms with Gasteiger partial charge in [0.15, 0.2) is 0 Å². The van der Waals surface area contributed by atoms with Gasteiger partial charge >= 0.3 is 0 Å². The molecule has 1 aromatic rings. The molecule has 1 aromatic heterocycles. The minimum absolute atomic E-state index is 0.167. The molecular formula is C12H21N5O. The second-order valence-corrected chi connectivity index (χ2v) is 4.51. The van der Waals surface area contributed by atoms with Crippen molar-refractivity contribution in [3.8, 4) is 0 Å². The number of nitrogens with one attached hydrogen (secondary N) is 1. The molecule has 0 atom stereocenters. The molecular weight excluding hydrogens is 230 g/mol. The summed E-state index contributed by atoms with van der Waals surface area (Å²) in [5.74, 6) is 1.34. The first-order valence-corrected chi connectivity index (χ1v) is 6.13. The van der Waals surface area contributed by atoms with Crippen LogP contribution in [0.5, 0.6) is 0 Å². The Hall–Kier alpha value is -1.85. The van der Waals surface area contributed by atoms with Crippen molar-refractivity contribution >= 4 is 17.7 Å². The molecule has 0 unspecified atom stereocenters. The third kappa shape index (κ3) is 4.57. The van der Waals surface area contributed by atoms with E-state index in [1.165, 1.54) is 0 Å². The fourth-order valence-electron chi connectivity index (χ4n) is 1.64. The van der Waals surface area contributed by atoms with Crippen LogP contribution in [0.4, 0.5) is 11.8 Å². The summed E-state index contributed by atoms with van der Waals surface area (Å²) in [4.78, 5) is 21.4. The van der Waals surface area contributed by atoms with E-state index in [0.717, 1.165) is 13.1 Å².